The zero-order chi connectivity index (χ0) is 16.1. The second-order valence-electron chi connectivity index (χ2n) is 5.23. The topological polar surface area (TPSA) is 41.1 Å². The Kier molecular flexibility index (Phi) is 5.69. The maximum absolute atomic E-state index is 12.0. The van der Waals surface area contributed by atoms with Crippen molar-refractivity contribution in [2.75, 3.05) is 17.2 Å². The normalized spacial score (nSPS) is 10.4. The van der Waals surface area contributed by atoms with E-state index in [1.54, 1.807) is 18.2 Å². The number of nitrogens with one attached hydrogen (secondary N) is 2. The van der Waals surface area contributed by atoms with Gasteiger partial charge in [0.05, 0.1) is 10.7 Å². The molecule has 0 saturated carbocycles. The third-order valence-electron chi connectivity index (χ3n) is 3.10. The van der Waals surface area contributed by atoms with E-state index in [1.807, 2.05) is 26.0 Å². The molecule has 116 valence electrons. The van der Waals surface area contributed by atoms with Crippen molar-refractivity contribution >= 4 is 40.5 Å². The smallest absolute Gasteiger partial charge is 0.226 e. The molecule has 5 heteroatoms. The van der Waals surface area contributed by atoms with Crippen LogP contribution in [0.5, 0.6) is 0 Å². The number of hydrogen-bond acceptors (Lipinski definition) is 2. The highest BCUT2D eigenvalue weighted by Crippen LogP contribution is 2.25. The molecule has 0 aliphatic rings. The molecule has 0 unspecified atom stereocenters. The fourth-order valence-corrected chi connectivity index (χ4v) is 2.69. The molecule has 0 aliphatic carbocycles. The van der Waals surface area contributed by atoms with Crippen molar-refractivity contribution in [2.24, 2.45) is 0 Å². The third kappa shape index (κ3) is 4.93. The predicted molar refractivity (Wildman–Crippen MR) is 94.1 cm³/mol. The predicted octanol–water partition coefficient (Wildman–Crippen LogP) is 5.05. The molecule has 0 atom stereocenters. The van der Waals surface area contributed by atoms with Gasteiger partial charge >= 0.3 is 0 Å². The molecular weight excluding hydrogens is 319 g/mol. The SMILES string of the molecule is Cc1cc(C)cc(NC(=O)CCNc2ccc(Cl)cc2Cl)c1. The van der Waals surface area contributed by atoms with Gasteiger partial charge in [0.2, 0.25) is 5.91 Å². The van der Waals surface area contributed by atoms with Gasteiger partial charge in [-0.3, -0.25) is 4.79 Å². The van der Waals surface area contributed by atoms with Gasteiger partial charge in [-0.2, -0.15) is 0 Å². The van der Waals surface area contributed by atoms with Gasteiger partial charge in [-0.05, 0) is 55.3 Å². The molecule has 0 aromatic heterocycles. The second kappa shape index (κ2) is 7.52. The van der Waals surface area contributed by atoms with Crippen LogP contribution in [0.1, 0.15) is 17.5 Å². The third-order valence-corrected chi connectivity index (χ3v) is 3.65. The lowest BCUT2D eigenvalue weighted by Crippen LogP contribution is -2.16. The Hall–Kier alpha value is -1.71. The van der Waals surface area contributed by atoms with Crippen LogP contribution in [0.15, 0.2) is 36.4 Å². The quantitative estimate of drug-likeness (QED) is 0.801. The largest absolute Gasteiger partial charge is 0.383 e. The Bertz CT molecular complexity index is 666. The number of carbonyl (C=O) groups excluding carboxylic acids is 1. The lowest BCUT2D eigenvalue weighted by molar-refractivity contribution is -0.115. The summed E-state index contributed by atoms with van der Waals surface area (Å²) < 4.78 is 0. The van der Waals surface area contributed by atoms with Crippen LogP contribution in [0.4, 0.5) is 11.4 Å². The number of halogens is 2. The number of aryl methyl sites for hydroxylation is 2. The number of hydrogen-bond donors (Lipinski definition) is 2. The van der Waals surface area contributed by atoms with Crippen LogP contribution >= 0.6 is 23.2 Å². The molecule has 22 heavy (non-hydrogen) atoms. The van der Waals surface area contributed by atoms with E-state index in [2.05, 4.69) is 16.7 Å². The van der Waals surface area contributed by atoms with Gasteiger partial charge < -0.3 is 10.6 Å². The van der Waals surface area contributed by atoms with Crippen LogP contribution in [-0.4, -0.2) is 12.5 Å². The summed E-state index contributed by atoms with van der Waals surface area (Å²) >= 11 is 11.9. The van der Waals surface area contributed by atoms with Crippen LogP contribution < -0.4 is 10.6 Å². The summed E-state index contributed by atoms with van der Waals surface area (Å²) in [5.74, 6) is -0.0393. The molecule has 0 saturated heterocycles. The molecule has 0 spiro atoms. The fraction of sp³-hybridized carbons (Fsp3) is 0.235. The van der Waals surface area contributed by atoms with E-state index in [9.17, 15) is 4.79 Å². The molecule has 2 aromatic rings. The summed E-state index contributed by atoms with van der Waals surface area (Å²) in [4.78, 5) is 12.0. The first-order valence-corrected chi connectivity index (χ1v) is 7.77. The molecular formula is C17H18Cl2N2O. The number of rotatable bonds is 5. The average Bonchev–Trinajstić information content (AvgIpc) is 2.40. The van der Waals surface area contributed by atoms with Gasteiger partial charge in [0, 0.05) is 23.7 Å². The van der Waals surface area contributed by atoms with Gasteiger partial charge in [0.15, 0.2) is 0 Å². The van der Waals surface area contributed by atoms with E-state index in [4.69, 9.17) is 23.2 Å². The van der Waals surface area contributed by atoms with Crippen LogP contribution in [0.2, 0.25) is 10.0 Å². The zero-order valence-corrected chi connectivity index (χ0v) is 14.1. The number of carbonyl (C=O) groups is 1. The van der Waals surface area contributed by atoms with E-state index in [0.717, 1.165) is 22.5 Å². The Labute approximate surface area is 140 Å². The van der Waals surface area contributed by atoms with Crippen molar-refractivity contribution in [1.82, 2.24) is 0 Å². The highest BCUT2D eigenvalue weighted by atomic mass is 35.5. The fourth-order valence-electron chi connectivity index (χ4n) is 2.21. The molecule has 0 heterocycles. The van der Waals surface area contributed by atoms with Gasteiger partial charge in [0.1, 0.15) is 0 Å². The zero-order valence-electron chi connectivity index (χ0n) is 12.5. The second-order valence-corrected chi connectivity index (χ2v) is 6.07. The molecule has 0 bridgehead atoms. The average molecular weight is 337 g/mol. The van der Waals surface area contributed by atoms with Gasteiger partial charge in [-0.25, -0.2) is 0 Å². The summed E-state index contributed by atoms with van der Waals surface area (Å²) in [6.45, 7) is 4.51. The molecule has 0 radical (unpaired) electrons. The molecule has 1 amide bonds. The number of amides is 1. The summed E-state index contributed by atoms with van der Waals surface area (Å²) in [6.07, 6.45) is 0.353. The van der Waals surface area contributed by atoms with Crippen molar-refractivity contribution in [3.63, 3.8) is 0 Å². The lowest BCUT2D eigenvalue weighted by Gasteiger charge is -2.10. The van der Waals surface area contributed by atoms with Crippen molar-refractivity contribution in [1.29, 1.82) is 0 Å². The lowest BCUT2D eigenvalue weighted by atomic mass is 10.1. The first-order valence-electron chi connectivity index (χ1n) is 7.01. The number of anilines is 2. The van der Waals surface area contributed by atoms with E-state index >= 15 is 0 Å². The highest BCUT2D eigenvalue weighted by Gasteiger charge is 2.05. The Morgan fingerprint density at radius 2 is 1.73 bits per heavy atom. The molecule has 3 nitrogen and oxygen atoms in total. The van der Waals surface area contributed by atoms with Gasteiger partial charge in [-0.1, -0.05) is 29.3 Å². The maximum atomic E-state index is 12.0. The Morgan fingerprint density at radius 1 is 1.05 bits per heavy atom. The maximum Gasteiger partial charge on any atom is 0.226 e. The minimum Gasteiger partial charge on any atom is -0.383 e. The van der Waals surface area contributed by atoms with Crippen molar-refractivity contribution in [3.8, 4) is 0 Å². The highest BCUT2D eigenvalue weighted by molar-refractivity contribution is 6.36. The molecule has 0 fully saturated rings. The van der Waals surface area contributed by atoms with Crippen LogP contribution in [-0.2, 0) is 4.79 Å². The summed E-state index contributed by atoms with van der Waals surface area (Å²) in [7, 11) is 0. The first kappa shape index (κ1) is 16.7. The number of benzene rings is 2. The van der Waals surface area contributed by atoms with Gasteiger partial charge in [-0.15, -0.1) is 0 Å². The summed E-state index contributed by atoms with van der Waals surface area (Å²) in [6, 6.07) is 11.2. The first-order chi connectivity index (χ1) is 10.4. The van der Waals surface area contributed by atoms with Crippen molar-refractivity contribution < 1.29 is 4.79 Å². The standard InChI is InChI=1S/C17H18Cl2N2O/c1-11-7-12(2)9-14(8-11)21-17(22)5-6-20-16-4-3-13(18)10-15(16)19/h3-4,7-10,20H,5-6H2,1-2H3,(H,21,22). The van der Waals surface area contributed by atoms with Crippen molar-refractivity contribution in [3.05, 3.63) is 57.6 Å². The molecule has 2 aromatic carbocycles. The molecule has 2 rings (SSSR count). The molecule has 0 aliphatic heterocycles. The van der Waals surface area contributed by atoms with Gasteiger partial charge in [0.25, 0.3) is 0 Å². The van der Waals surface area contributed by atoms with E-state index < -0.39 is 0 Å². The van der Waals surface area contributed by atoms with E-state index in [0.29, 0.717) is 23.0 Å². The minimum absolute atomic E-state index is 0.0393. The Morgan fingerprint density at radius 3 is 2.36 bits per heavy atom. The van der Waals surface area contributed by atoms with Crippen LogP contribution in [0, 0.1) is 13.8 Å². The van der Waals surface area contributed by atoms with Crippen LogP contribution in [0.25, 0.3) is 0 Å². The minimum atomic E-state index is -0.0393. The monoisotopic (exact) mass is 336 g/mol. The van der Waals surface area contributed by atoms with Crippen LogP contribution in [0.3, 0.4) is 0 Å². The van der Waals surface area contributed by atoms with E-state index in [-0.39, 0.29) is 5.91 Å². The van der Waals surface area contributed by atoms with E-state index in [1.165, 1.54) is 0 Å². The Balaban J connectivity index is 1.85. The summed E-state index contributed by atoms with van der Waals surface area (Å²) in [5.41, 5.74) is 3.85. The van der Waals surface area contributed by atoms with Crippen molar-refractivity contribution in [2.45, 2.75) is 20.3 Å². The molecule has 2 N–H and O–H groups in total. The summed E-state index contributed by atoms with van der Waals surface area (Å²) in [5, 5.41) is 7.16.